The molecule has 2 rings (SSSR count). The monoisotopic (exact) mass is 443 g/mol. The molecule has 2 amide bonds. The number of anilines is 1. The number of carbonyl (C=O) groups is 2. The van der Waals surface area contributed by atoms with Gasteiger partial charge in [0.25, 0.3) is 0 Å². The zero-order valence-corrected chi connectivity index (χ0v) is 20.2. The fourth-order valence-electron chi connectivity index (χ4n) is 4.50. The first kappa shape index (κ1) is 26.0. The second-order valence-corrected chi connectivity index (χ2v) is 10.0. The summed E-state index contributed by atoms with van der Waals surface area (Å²) in [5.41, 5.74) is 18.0. The summed E-state index contributed by atoms with van der Waals surface area (Å²) in [5, 5.41) is 5.28. The van der Waals surface area contributed by atoms with Crippen molar-refractivity contribution in [3.05, 3.63) is 35.4 Å². The zero-order chi connectivity index (χ0) is 23.7. The molecule has 0 fully saturated rings. The lowest BCUT2D eigenvalue weighted by molar-refractivity contribution is -0.533. The first-order valence-corrected chi connectivity index (χ1v) is 12.0. The number of unbranched alkanes of at least 4 members (excludes halogenated alkanes) is 1. The van der Waals surface area contributed by atoms with Gasteiger partial charge in [0.1, 0.15) is 0 Å². The van der Waals surface area contributed by atoms with E-state index >= 15 is 0 Å². The summed E-state index contributed by atoms with van der Waals surface area (Å²) in [6.07, 6.45) is 5.29. The zero-order valence-electron chi connectivity index (χ0n) is 20.2. The molecule has 1 heterocycles. The van der Waals surface area contributed by atoms with Gasteiger partial charge in [-0.1, -0.05) is 52.3 Å². The Labute approximate surface area is 193 Å². The highest BCUT2D eigenvalue weighted by atomic mass is 16.2. The molecule has 0 bridgehead atoms. The van der Waals surface area contributed by atoms with Crippen LogP contribution in [0.5, 0.6) is 0 Å². The van der Waals surface area contributed by atoms with Crippen molar-refractivity contribution in [1.29, 1.82) is 0 Å². The van der Waals surface area contributed by atoms with Gasteiger partial charge in [0.2, 0.25) is 11.8 Å². The van der Waals surface area contributed by atoms with Crippen molar-refractivity contribution in [2.24, 2.45) is 17.1 Å². The third kappa shape index (κ3) is 7.40. The number of carbonyl (C=O) groups excluding carboxylic acids is 2. The molecule has 7 nitrogen and oxygen atoms in total. The van der Waals surface area contributed by atoms with Crippen LogP contribution in [0.2, 0.25) is 0 Å². The number of amides is 2. The maximum absolute atomic E-state index is 13.2. The maximum atomic E-state index is 13.2. The predicted molar refractivity (Wildman–Crippen MR) is 128 cm³/mol. The van der Waals surface area contributed by atoms with Gasteiger partial charge in [-0.25, -0.2) is 0 Å². The lowest BCUT2D eigenvalue weighted by atomic mass is 9.79. The normalized spacial score (nSPS) is 16.6. The molecule has 178 valence electrons. The van der Waals surface area contributed by atoms with Crippen LogP contribution in [-0.2, 0) is 16.0 Å². The summed E-state index contributed by atoms with van der Waals surface area (Å²) in [4.78, 5) is 27.3. The highest BCUT2D eigenvalue weighted by Crippen LogP contribution is 2.32. The number of fused-ring (bicyclic) bond motifs is 1. The molecular formula is C25H41N5O2. The minimum absolute atomic E-state index is 0.0104. The van der Waals surface area contributed by atoms with Crippen molar-refractivity contribution in [1.82, 2.24) is 5.32 Å². The van der Waals surface area contributed by atoms with Crippen LogP contribution in [0.3, 0.4) is 0 Å². The first-order valence-electron chi connectivity index (χ1n) is 12.0. The van der Waals surface area contributed by atoms with Crippen molar-refractivity contribution in [2.45, 2.75) is 84.7 Å². The van der Waals surface area contributed by atoms with Crippen molar-refractivity contribution in [2.75, 3.05) is 18.0 Å². The third-order valence-electron chi connectivity index (χ3n) is 6.40. The number of rotatable bonds is 12. The molecule has 0 saturated heterocycles. The smallest absolute Gasteiger partial charge is 0.227 e. The van der Waals surface area contributed by atoms with Crippen molar-refractivity contribution >= 4 is 17.5 Å². The van der Waals surface area contributed by atoms with E-state index in [0.29, 0.717) is 25.8 Å². The quantitative estimate of drug-likeness (QED) is 0.341. The molecule has 0 radical (unpaired) electrons. The van der Waals surface area contributed by atoms with E-state index in [1.807, 2.05) is 43.9 Å². The number of hydrogen-bond donors (Lipinski definition) is 3. The number of hydrogen-bond acceptors (Lipinski definition) is 3. The van der Waals surface area contributed by atoms with Gasteiger partial charge in [0.05, 0.1) is 6.04 Å². The Morgan fingerprint density at radius 2 is 2.03 bits per heavy atom. The maximum Gasteiger partial charge on any atom is 0.227 e. The van der Waals surface area contributed by atoms with E-state index in [0.717, 1.165) is 37.9 Å². The fourth-order valence-corrected chi connectivity index (χ4v) is 4.50. The van der Waals surface area contributed by atoms with E-state index in [1.54, 1.807) is 0 Å². The molecule has 4 N–H and O–H groups in total. The van der Waals surface area contributed by atoms with Crippen LogP contribution in [0.1, 0.15) is 71.8 Å². The van der Waals surface area contributed by atoms with Crippen molar-refractivity contribution < 1.29 is 14.7 Å². The summed E-state index contributed by atoms with van der Waals surface area (Å²) in [7, 11) is 0. The Morgan fingerprint density at radius 1 is 1.31 bits per heavy atom. The van der Waals surface area contributed by atoms with Crippen molar-refractivity contribution in [3.63, 3.8) is 0 Å². The van der Waals surface area contributed by atoms with E-state index in [1.165, 1.54) is 5.56 Å². The molecule has 1 aromatic rings. The predicted octanol–water partition coefficient (Wildman–Crippen LogP) is 2.51. The van der Waals surface area contributed by atoms with E-state index in [-0.39, 0.29) is 23.1 Å². The molecule has 0 saturated carbocycles. The number of aryl methyl sites for hydroxylation is 1. The van der Waals surface area contributed by atoms with Crippen LogP contribution >= 0.6 is 0 Å². The summed E-state index contributed by atoms with van der Waals surface area (Å²) in [6.45, 7) is 9.40. The highest BCUT2D eigenvalue weighted by Gasteiger charge is 2.34. The molecule has 0 unspecified atom stereocenters. The molecule has 1 aliphatic heterocycles. The van der Waals surface area contributed by atoms with Crippen LogP contribution in [0.15, 0.2) is 24.3 Å². The second-order valence-electron chi connectivity index (χ2n) is 10.0. The van der Waals surface area contributed by atoms with E-state index in [4.69, 9.17) is 5.73 Å². The number of nitrogens with zero attached hydrogens (tertiary/aromatic N) is 2. The van der Waals surface area contributed by atoms with Gasteiger partial charge in [-0.3, -0.25) is 9.59 Å². The second kappa shape index (κ2) is 12.1. The van der Waals surface area contributed by atoms with Gasteiger partial charge in [0, 0.05) is 37.5 Å². The van der Waals surface area contributed by atoms with Gasteiger partial charge in [-0.05, 0) is 42.7 Å². The van der Waals surface area contributed by atoms with Crippen LogP contribution in [0, 0.1) is 11.3 Å². The Hall–Kier alpha value is -2.28. The van der Waals surface area contributed by atoms with E-state index in [9.17, 15) is 15.1 Å². The van der Waals surface area contributed by atoms with Gasteiger partial charge < -0.3 is 26.6 Å². The van der Waals surface area contributed by atoms with E-state index in [2.05, 4.69) is 23.4 Å². The summed E-state index contributed by atoms with van der Waals surface area (Å²) < 4.78 is 0. The molecule has 1 aromatic carbocycles. The lowest BCUT2D eigenvalue weighted by Gasteiger charge is -2.34. The molecule has 0 aliphatic carbocycles. The minimum Gasteiger partial charge on any atom is -0.508 e. The topological polar surface area (TPSA) is 112 Å². The number of nitrogens with two attached hydrogens (primary N) is 1. The number of nitrogens with one attached hydrogen (secondary N) is 2. The van der Waals surface area contributed by atoms with Crippen LogP contribution in [-0.4, -0.2) is 37.0 Å². The largest absolute Gasteiger partial charge is 0.508 e. The molecule has 0 aromatic heterocycles. The molecule has 1 aliphatic rings. The number of benzene rings is 1. The fraction of sp³-hybridized carbons (Fsp3) is 0.680. The molecule has 7 heteroatoms. The standard InChI is InChI=1S/C25H41N5O2/c1-5-6-13-28-24(32)18(2)15-20(26)21(29-27)16-25(3,4)17-23(31)30-14-9-11-19-10-7-8-12-22(19)30/h7-8,10,12,18,20-21,29H,5-6,9,11,13-17,26H2,1-4H3,(H,28,32)/t18-,20+,21+/m1/s1. The SMILES string of the molecule is CCCCNC(=O)[C@H](C)C[C@H](N)[C@H](CC(C)(C)CC(=O)N1CCCc2ccccc21)[NH+]=[N-]. The molecule has 0 spiro atoms. The Morgan fingerprint density at radius 3 is 2.72 bits per heavy atom. The molecule has 3 atom stereocenters. The summed E-state index contributed by atoms with van der Waals surface area (Å²) in [6, 6.07) is 7.28. The van der Waals surface area contributed by atoms with Gasteiger partial charge in [0.15, 0.2) is 6.04 Å². The van der Waals surface area contributed by atoms with Crippen LogP contribution < -0.4 is 21.1 Å². The van der Waals surface area contributed by atoms with Crippen LogP contribution in [0.25, 0.3) is 5.53 Å². The van der Waals surface area contributed by atoms with Crippen LogP contribution in [0.4, 0.5) is 5.69 Å². The Kier molecular flexibility index (Phi) is 9.82. The van der Waals surface area contributed by atoms with Gasteiger partial charge >= 0.3 is 0 Å². The minimum atomic E-state index is -0.406. The Bertz CT molecular complexity index is 779. The summed E-state index contributed by atoms with van der Waals surface area (Å²) in [5.74, 6) is -0.160. The van der Waals surface area contributed by atoms with Gasteiger partial charge in [-0.2, -0.15) is 0 Å². The average molecular weight is 444 g/mol. The Balaban J connectivity index is 1.94. The lowest BCUT2D eigenvalue weighted by Crippen LogP contribution is -2.78. The first-order chi connectivity index (χ1) is 15.2. The molecular weight excluding hydrogens is 402 g/mol. The van der Waals surface area contributed by atoms with Crippen molar-refractivity contribution in [3.8, 4) is 0 Å². The highest BCUT2D eigenvalue weighted by molar-refractivity contribution is 5.94. The average Bonchev–Trinajstić information content (AvgIpc) is 2.76. The third-order valence-corrected chi connectivity index (χ3v) is 6.40. The molecule has 32 heavy (non-hydrogen) atoms. The van der Waals surface area contributed by atoms with E-state index < -0.39 is 12.1 Å². The van der Waals surface area contributed by atoms with Gasteiger partial charge in [-0.15, -0.1) is 0 Å². The number of para-hydroxylation sites is 1. The summed E-state index contributed by atoms with van der Waals surface area (Å²) >= 11 is 0.